The number of rotatable bonds is 2. The Morgan fingerprint density at radius 3 is 2.07 bits per heavy atom. The van der Waals surface area contributed by atoms with Crippen molar-refractivity contribution >= 4 is 11.8 Å². The van der Waals surface area contributed by atoms with Crippen LogP contribution in [0.2, 0.25) is 0 Å². The van der Waals surface area contributed by atoms with Gasteiger partial charge >= 0.3 is 0 Å². The molecular weight excluding hydrogens is 196 g/mol. The van der Waals surface area contributed by atoms with Crippen LogP contribution in [0.4, 0.5) is 0 Å². The van der Waals surface area contributed by atoms with Crippen molar-refractivity contribution in [3.63, 3.8) is 0 Å². The van der Waals surface area contributed by atoms with Gasteiger partial charge in [-0.05, 0) is 31.2 Å². The molecule has 0 aliphatic heterocycles. The summed E-state index contributed by atoms with van der Waals surface area (Å²) in [4.78, 5) is 8.89. The van der Waals surface area contributed by atoms with Crippen LogP contribution in [0.1, 0.15) is 12.5 Å². The number of amidine groups is 1. The Kier molecular flexibility index (Phi) is 5.55. The Labute approximate surface area is 88.0 Å². The van der Waals surface area contributed by atoms with Crippen molar-refractivity contribution in [2.45, 2.75) is 6.92 Å². The molecule has 1 aromatic rings. The highest BCUT2D eigenvalue weighted by Crippen LogP contribution is 2.09. The average molecular weight is 210 g/mol. The second-order valence-electron chi connectivity index (χ2n) is 2.68. The molecule has 0 aromatic heterocycles. The highest BCUT2D eigenvalue weighted by atomic mass is 16.5. The molecule has 0 unspecified atom stereocenters. The molecule has 0 radical (unpaired) electrons. The molecule has 0 spiro atoms. The maximum absolute atomic E-state index is 8.89. The van der Waals surface area contributed by atoms with E-state index in [0.717, 1.165) is 18.2 Å². The second kappa shape index (κ2) is 6.42. The summed E-state index contributed by atoms with van der Waals surface area (Å²) in [6.45, 7) is 0.972. The largest absolute Gasteiger partial charge is 0.550 e. The fourth-order valence-corrected chi connectivity index (χ4v) is 0.783. The molecule has 1 aromatic carbocycles. The van der Waals surface area contributed by atoms with Crippen LogP contribution in [-0.2, 0) is 4.79 Å². The number of carboxylic acid groups (broad SMARTS) is 1. The van der Waals surface area contributed by atoms with Crippen molar-refractivity contribution in [3.05, 3.63) is 29.8 Å². The van der Waals surface area contributed by atoms with Crippen molar-refractivity contribution in [1.82, 2.24) is 0 Å². The molecule has 1 rings (SSSR count). The van der Waals surface area contributed by atoms with E-state index in [4.69, 9.17) is 25.8 Å². The minimum atomic E-state index is -1.08. The van der Waals surface area contributed by atoms with Gasteiger partial charge in [0.05, 0.1) is 12.7 Å². The zero-order valence-electron chi connectivity index (χ0n) is 8.69. The molecule has 5 nitrogen and oxygen atoms in total. The van der Waals surface area contributed by atoms with Gasteiger partial charge in [0, 0.05) is 5.97 Å². The molecule has 82 valence electrons. The maximum atomic E-state index is 8.89. The average Bonchev–Trinajstić information content (AvgIpc) is 2.17. The van der Waals surface area contributed by atoms with Crippen LogP contribution in [-0.4, -0.2) is 18.9 Å². The quantitative estimate of drug-likeness (QED) is 0.432. The van der Waals surface area contributed by atoms with E-state index >= 15 is 0 Å². The number of aliphatic carboxylic acids is 1. The van der Waals surface area contributed by atoms with Gasteiger partial charge in [-0.2, -0.15) is 0 Å². The lowest BCUT2D eigenvalue weighted by Gasteiger charge is -1.98. The standard InChI is InChI=1S/C8H10N2O.C2H4O2/c1-11-7-4-2-6(3-5-7)8(9)10;1-2(3)4/h2-5H,1H3,(H3,9,10);1H3,(H,3,4). The number of methoxy groups -OCH3 is 1. The summed E-state index contributed by atoms with van der Waals surface area (Å²) in [5, 5.41) is 14.2. The van der Waals surface area contributed by atoms with Gasteiger partial charge in [-0.15, -0.1) is 0 Å². The van der Waals surface area contributed by atoms with Gasteiger partial charge in [0.25, 0.3) is 5.84 Å². The fourth-order valence-electron chi connectivity index (χ4n) is 0.783. The van der Waals surface area contributed by atoms with E-state index in [-0.39, 0.29) is 0 Å². The molecule has 0 aliphatic carbocycles. The van der Waals surface area contributed by atoms with Gasteiger partial charge in [-0.3, -0.25) is 11.1 Å². The van der Waals surface area contributed by atoms with Gasteiger partial charge in [0.2, 0.25) is 0 Å². The van der Waals surface area contributed by atoms with E-state index in [1.807, 2.05) is 24.3 Å². The first-order valence-electron chi connectivity index (χ1n) is 4.17. The Bertz CT molecular complexity index is 329. The number of carbonyl (C=O) groups excluding carboxylic acids is 1. The number of ether oxygens (including phenoxy) is 1. The molecule has 0 saturated heterocycles. The Morgan fingerprint density at radius 1 is 1.40 bits per heavy atom. The van der Waals surface area contributed by atoms with Crippen molar-refractivity contribution in [1.29, 1.82) is 0 Å². The van der Waals surface area contributed by atoms with E-state index in [0.29, 0.717) is 5.84 Å². The molecule has 0 aliphatic rings. The summed E-state index contributed by atoms with van der Waals surface area (Å²) in [5.74, 6) is 0.0441. The smallest absolute Gasteiger partial charge is 0.270 e. The SMILES string of the molecule is CC(=O)[O-].COc1ccc(C(N)=[NH2+])cc1. The zero-order valence-corrected chi connectivity index (χ0v) is 8.69. The number of hydrogen-bond acceptors (Lipinski definition) is 3. The Hall–Kier alpha value is -2.04. The van der Waals surface area contributed by atoms with Crippen LogP contribution >= 0.6 is 0 Å². The zero-order chi connectivity index (χ0) is 11.8. The first-order chi connectivity index (χ1) is 6.97. The fraction of sp³-hybridized carbons (Fsp3) is 0.200. The summed E-state index contributed by atoms with van der Waals surface area (Å²) in [6, 6.07) is 7.26. The Morgan fingerprint density at radius 2 is 1.80 bits per heavy atom. The normalized spacial score (nSPS) is 8.40. The number of hydrogen-bond donors (Lipinski definition) is 2. The van der Waals surface area contributed by atoms with Crippen molar-refractivity contribution in [2.75, 3.05) is 7.11 Å². The number of carboxylic acids is 1. The first kappa shape index (κ1) is 13.0. The molecule has 0 amide bonds. The molecule has 0 fully saturated rings. The van der Waals surface area contributed by atoms with Crippen LogP contribution in [0.15, 0.2) is 24.3 Å². The van der Waals surface area contributed by atoms with Crippen LogP contribution < -0.4 is 21.0 Å². The Balaban J connectivity index is 0.000000423. The summed E-state index contributed by atoms with van der Waals surface area (Å²) >= 11 is 0. The number of carbonyl (C=O) groups is 1. The van der Waals surface area contributed by atoms with E-state index in [9.17, 15) is 0 Å². The molecule has 4 N–H and O–H groups in total. The third-order valence-corrected chi connectivity index (χ3v) is 1.42. The van der Waals surface area contributed by atoms with E-state index in [1.165, 1.54) is 0 Å². The van der Waals surface area contributed by atoms with E-state index in [2.05, 4.69) is 0 Å². The monoisotopic (exact) mass is 210 g/mol. The molecule has 0 heterocycles. The molecule has 0 saturated carbocycles. The molecule has 0 bridgehead atoms. The number of benzene rings is 1. The van der Waals surface area contributed by atoms with Crippen LogP contribution in [0.3, 0.4) is 0 Å². The highest BCUT2D eigenvalue weighted by Gasteiger charge is 1.99. The molecule has 5 heteroatoms. The molecule has 0 atom stereocenters. The lowest BCUT2D eigenvalue weighted by molar-refractivity contribution is -0.302. The van der Waals surface area contributed by atoms with Crippen LogP contribution in [0, 0.1) is 0 Å². The summed E-state index contributed by atoms with van der Waals surface area (Å²) in [7, 11) is 1.62. The molecule has 15 heavy (non-hydrogen) atoms. The van der Waals surface area contributed by atoms with Gasteiger partial charge in [0.1, 0.15) is 5.75 Å². The third-order valence-electron chi connectivity index (χ3n) is 1.42. The summed E-state index contributed by atoms with van der Waals surface area (Å²) in [5.41, 5.74) is 6.18. The van der Waals surface area contributed by atoms with Gasteiger partial charge in [0.15, 0.2) is 0 Å². The third kappa shape index (κ3) is 6.09. The minimum Gasteiger partial charge on any atom is -0.550 e. The van der Waals surface area contributed by atoms with Crippen molar-refractivity contribution in [3.8, 4) is 5.75 Å². The summed E-state index contributed by atoms with van der Waals surface area (Å²) in [6.07, 6.45) is 0. The lowest BCUT2D eigenvalue weighted by atomic mass is 10.2. The summed E-state index contributed by atoms with van der Waals surface area (Å²) < 4.78 is 4.96. The van der Waals surface area contributed by atoms with Gasteiger partial charge in [-0.1, -0.05) is 0 Å². The van der Waals surface area contributed by atoms with E-state index in [1.54, 1.807) is 7.11 Å². The maximum Gasteiger partial charge on any atom is 0.270 e. The second-order valence-corrected chi connectivity index (χ2v) is 2.68. The van der Waals surface area contributed by atoms with E-state index < -0.39 is 5.97 Å². The van der Waals surface area contributed by atoms with Gasteiger partial charge < -0.3 is 14.6 Å². The predicted molar refractivity (Wildman–Crippen MR) is 53.9 cm³/mol. The minimum absolute atomic E-state index is 0.327. The van der Waals surface area contributed by atoms with Crippen LogP contribution in [0.5, 0.6) is 5.75 Å². The number of nitrogens with two attached hydrogens (primary N) is 2. The highest BCUT2D eigenvalue weighted by molar-refractivity contribution is 5.92. The predicted octanol–water partition coefficient (Wildman–Crippen LogP) is -2.08. The van der Waals surface area contributed by atoms with Crippen molar-refractivity contribution < 1.29 is 20.0 Å². The lowest BCUT2D eigenvalue weighted by Crippen LogP contribution is -2.46. The van der Waals surface area contributed by atoms with Crippen molar-refractivity contribution in [2.24, 2.45) is 5.73 Å². The first-order valence-corrected chi connectivity index (χ1v) is 4.17. The topological polar surface area (TPSA) is 101 Å². The molecular formula is C10H14N2O3. The van der Waals surface area contributed by atoms with Crippen LogP contribution in [0.25, 0.3) is 0 Å². The van der Waals surface area contributed by atoms with Gasteiger partial charge in [-0.25, -0.2) is 0 Å².